The van der Waals surface area contributed by atoms with Crippen molar-refractivity contribution < 1.29 is 9.53 Å². The van der Waals surface area contributed by atoms with E-state index in [0.29, 0.717) is 5.82 Å². The summed E-state index contributed by atoms with van der Waals surface area (Å²) in [6.07, 6.45) is 5.89. The van der Waals surface area contributed by atoms with Gasteiger partial charge in [-0.25, -0.2) is 10.8 Å². The molecule has 1 aromatic heterocycles. The number of hydrazine groups is 1. The van der Waals surface area contributed by atoms with Crippen LogP contribution in [0.4, 0.5) is 5.82 Å². The number of rotatable bonds is 4. The van der Waals surface area contributed by atoms with Crippen LogP contribution in [0.2, 0.25) is 0 Å². The van der Waals surface area contributed by atoms with Crippen molar-refractivity contribution in [2.45, 2.75) is 31.4 Å². The summed E-state index contributed by atoms with van der Waals surface area (Å²) in [6, 6.07) is 0.0405. The Hall–Kier alpha value is -1.73. The number of nitrogens with two attached hydrogens (primary N) is 1. The second-order valence-corrected chi connectivity index (χ2v) is 4.22. The van der Waals surface area contributed by atoms with Crippen molar-refractivity contribution in [3.05, 3.63) is 18.1 Å². The highest BCUT2D eigenvalue weighted by molar-refractivity contribution is 5.92. The first-order valence-corrected chi connectivity index (χ1v) is 5.87. The Morgan fingerprint density at radius 2 is 2.33 bits per heavy atom. The molecule has 1 heterocycles. The van der Waals surface area contributed by atoms with Crippen LogP contribution < -0.4 is 16.6 Å². The Bertz CT molecular complexity index is 426. The number of nitrogen functional groups attached to an aromatic ring is 1. The molecule has 7 heteroatoms. The van der Waals surface area contributed by atoms with E-state index >= 15 is 0 Å². The lowest BCUT2D eigenvalue weighted by Crippen LogP contribution is -2.41. The fraction of sp³-hybridized carbons (Fsp3) is 0.545. The van der Waals surface area contributed by atoms with E-state index < -0.39 is 0 Å². The van der Waals surface area contributed by atoms with Crippen LogP contribution in [0.5, 0.6) is 0 Å². The molecule has 1 aliphatic carbocycles. The number of amides is 1. The maximum absolute atomic E-state index is 12.0. The maximum atomic E-state index is 12.0. The van der Waals surface area contributed by atoms with Crippen molar-refractivity contribution in [2.24, 2.45) is 5.84 Å². The lowest BCUT2D eigenvalue weighted by Gasteiger charge is -2.19. The number of carbonyl (C=O) groups is 1. The normalized spacial score (nSPS) is 22.8. The molecule has 1 amide bonds. The van der Waals surface area contributed by atoms with E-state index in [1.807, 2.05) is 0 Å². The Morgan fingerprint density at radius 3 is 3.06 bits per heavy atom. The summed E-state index contributed by atoms with van der Waals surface area (Å²) in [4.78, 5) is 19.9. The zero-order valence-corrected chi connectivity index (χ0v) is 10.2. The molecule has 0 saturated heterocycles. The van der Waals surface area contributed by atoms with Crippen LogP contribution in [-0.2, 0) is 4.74 Å². The van der Waals surface area contributed by atoms with Crippen molar-refractivity contribution in [2.75, 3.05) is 12.5 Å². The molecule has 0 aliphatic heterocycles. The molecule has 1 aromatic rings. The standard InChI is InChI=1S/C11H17N5O2/c1-18-9-4-2-3-7(9)15-11(17)8-5-13-6-10(14-8)16-12/h5-7,9H,2-4,12H2,1H3,(H,14,16)(H,15,17). The van der Waals surface area contributed by atoms with Crippen LogP contribution in [0.1, 0.15) is 29.8 Å². The number of anilines is 1. The van der Waals surface area contributed by atoms with Crippen LogP contribution in [-0.4, -0.2) is 35.1 Å². The highest BCUT2D eigenvalue weighted by Gasteiger charge is 2.28. The average Bonchev–Trinajstić information content (AvgIpc) is 2.86. The molecule has 0 aromatic carbocycles. The van der Waals surface area contributed by atoms with Crippen LogP contribution in [0.3, 0.4) is 0 Å². The molecule has 1 aliphatic rings. The summed E-state index contributed by atoms with van der Waals surface area (Å²) in [5.74, 6) is 5.32. The van der Waals surface area contributed by atoms with Gasteiger partial charge in [0.2, 0.25) is 0 Å². The summed E-state index contributed by atoms with van der Waals surface area (Å²) in [7, 11) is 1.66. The minimum absolute atomic E-state index is 0.0405. The van der Waals surface area contributed by atoms with E-state index in [1.165, 1.54) is 12.4 Å². The zero-order valence-electron chi connectivity index (χ0n) is 10.2. The number of methoxy groups -OCH3 is 1. The lowest BCUT2D eigenvalue weighted by atomic mass is 10.2. The van der Waals surface area contributed by atoms with Crippen LogP contribution in [0, 0.1) is 0 Å². The predicted octanol–water partition coefficient (Wildman–Crippen LogP) is 0.0595. The van der Waals surface area contributed by atoms with E-state index in [0.717, 1.165) is 19.3 Å². The number of hydrogen-bond acceptors (Lipinski definition) is 6. The summed E-state index contributed by atoms with van der Waals surface area (Å²) in [6.45, 7) is 0. The quantitative estimate of drug-likeness (QED) is 0.516. The third kappa shape index (κ3) is 2.74. The first-order valence-electron chi connectivity index (χ1n) is 5.87. The molecular weight excluding hydrogens is 234 g/mol. The molecule has 98 valence electrons. The molecule has 0 radical (unpaired) electrons. The molecule has 2 atom stereocenters. The molecule has 7 nitrogen and oxygen atoms in total. The third-order valence-electron chi connectivity index (χ3n) is 3.09. The largest absolute Gasteiger partial charge is 0.379 e. The molecule has 4 N–H and O–H groups in total. The van der Waals surface area contributed by atoms with Gasteiger partial charge in [0.25, 0.3) is 5.91 Å². The van der Waals surface area contributed by atoms with E-state index in [2.05, 4.69) is 20.7 Å². The van der Waals surface area contributed by atoms with Crippen molar-refractivity contribution >= 4 is 11.7 Å². The molecular formula is C11H17N5O2. The second-order valence-electron chi connectivity index (χ2n) is 4.22. The van der Waals surface area contributed by atoms with Gasteiger partial charge in [0.05, 0.1) is 24.5 Å². The smallest absolute Gasteiger partial charge is 0.271 e. The molecule has 2 rings (SSSR count). The van der Waals surface area contributed by atoms with Gasteiger partial charge in [0, 0.05) is 7.11 Å². The van der Waals surface area contributed by atoms with Crippen molar-refractivity contribution in [1.82, 2.24) is 15.3 Å². The number of ether oxygens (including phenoxy) is 1. The number of carbonyl (C=O) groups excluding carboxylic acids is 1. The monoisotopic (exact) mass is 251 g/mol. The minimum atomic E-state index is -0.256. The Morgan fingerprint density at radius 1 is 1.50 bits per heavy atom. The van der Waals surface area contributed by atoms with Crippen molar-refractivity contribution in [3.8, 4) is 0 Å². The topological polar surface area (TPSA) is 102 Å². The van der Waals surface area contributed by atoms with Gasteiger partial charge in [-0.05, 0) is 19.3 Å². The van der Waals surface area contributed by atoms with Gasteiger partial charge in [0.1, 0.15) is 5.69 Å². The highest BCUT2D eigenvalue weighted by atomic mass is 16.5. The van der Waals surface area contributed by atoms with E-state index in [9.17, 15) is 4.79 Å². The van der Waals surface area contributed by atoms with Crippen LogP contribution in [0.25, 0.3) is 0 Å². The SMILES string of the molecule is COC1CCCC1NC(=O)c1cncc(NN)n1. The average molecular weight is 251 g/mol. The van der Waals surface area contributed by atoms with Crippen molar-refractivity contribution in [1.29, 1.82) is 0 Å². The number of aromatic nitrogens is 2. The predicted molar refractivity (Wildman–Crippen MR) is 65.7 cm³/mol. The molecule has 1 saturated carbocycles. The number of nitrogens with zero attached hydrogens (tertiary/aromatic N) is 2. The van der Waals surface area contributed by atoms with Gasteiger partial charge in [-0.2, -0.15) is 0 Å². The fourth-order valence-electron chi connectivity index (χ4n) is 2.16. The second kappa shape index (κ2) is 5.74. The molecule has 0 bridgehead atoms. The van der Waals surface area contributed by atoms with Crippen molar-refractivity contribution in [3.63, 3.8) is 0 Å². The first-order chi connectivity index (χ1) is 8.74. The lowest BCUT2D eigenvalue weighted by molar-refractivity contribution is 0.0719. The summed E-state index contributed by atoms with van der Waals surface area (Å²) in [5, 5.41) is 2.91. The fourth-order valence-corrected chi connectivity index (χ4v) is 2.16. The summed E-state index contributed by atoms with van der Waals surface area (Å²) >= 11 is 0. The minimum Gasteiger partial charge on any atom is -0.379 e. The Balaban J connectivity index is 2.02. The molecule has 18 heavy (non-hydrogen) atoms. The third-order valence-corrected chi connectivity index (χ3v) is 3.09. The van der Waals surface area contributed by atoms with E-state index in [-0.39, 0.29) is 23.7 Å². The molecule has 1 fully saturated rings. The first kappa shape index (κ1) is 12.7. The highest BCUT2D eigenvalue weighted by Crippen LogP contribution is 2.21. The van der Waals surface area contributed by atoms with Gasteiger partial charge in [-0.3, -0.25) is 9.78 Å². The Kier molecular flexibility index (Phi) is 4.06. The Labute approximate surface area is 105 Å². The van der Waals surface area contributed by atoms with Gasteiger partial charge in [-0.1, -0.05) is 0 Å². The molecule has 2 unspecified atom stereocenters. The zero-order chi connectivity index (χ0) is 13.0. The number of hydrogen-bond donors (Lipinski definition) is 3. The maximum Gasteiger partial charge on any atom is 0.271 e. The molecule has 0 spiro atoms. The number of nitrogens with one attached hydrogen (secondary N) is 2. The van der Waals surface area contributed by atoms with E-state index in [4.69, 9.17) is 10.6 Å². The summed E-state index contributed by atoms with van der Waals surface area (Å²) < 4.78 is 5.32. The van der Waals surface area contributed by atoms with Gasteiger partial charge in [0.15, 0.2) is 5.82 Å². The van der Waals surface area contributed by atoms with E-state index in [1.54, 1.807) is 7.11 Å². The van der Waals surface area contributed by atoms with Crippen LogP contribution in [0.15, 0.2) is 12.4 Å². The summed E-state index contributed by atoms with van der Waals surface area (Å²) in [5.41, 5.74) is 2.60. The van der Waals surface area contributed by atoms with Gasteiger partial charge >= 0.3 is 0 Å². The van der Waals surface area contributed by atoms with Gasteiger partial charge in [-0.15, -0.1) is 0 Å². The van der Waals surface area contributed by atoms with Gasteiger partial charge < -0.3 is 15.5 Å². The van der Waals surface area contributed by atoms with Crippen LogP contribution >= 0.6 is 0 Å².